The summed E-state index contributed by atoms with van der Waals surface area (Å²) in [7, 11) is 0. The highest BCUT2D eigenvalue weighted by Gasteiger charge is 2.16. The Morgan fingerprint density at radius 3 is 2.94 bits per heavy atom. The molecule has 0 bridgehead atoms. The summed E-state index contributed by atoms with van der Waals surface area (Å²) in [5.74, 6) is 0.819. The molecule has 2 rings (SSSR count). The minimum absolute atomic E-state index is 0.0285. The molecule has 0 aliphatic heterocycles. The van der Waals surface area contributed by atoms with Gasteiger partial charge in [-0.15, -0.1) is 0 Å². The average Bonchev–Trinajstić information content (AvgIpc) is 2.99. The highest BCUT2D eigenvalue weighted by atomic mass is 16.3. The Kier molecular flexibility index (Phi) is 4.20. The fraction of sp³-hybridized carbons (Fsp3) is 0.615. The molecule has 0 spiro atoms. The van der Waals surface area contributed by atoms with Crippen LogP contribution < -0.4 is 10.6 Å². The Morgan fingerprint density at radius 1 is 1.53 bits per heavy atom. The van der Waals surface area contributed by atoms with E-state index in [0.717, 1.165) is 5.76 Å². The maximum atomic E-state index is 11.7. The third kappa shape index (κ3) is 3.60. The van der Waals surface area contributed by atoms with Crippen LogP contribution >= 0.6 is 0 Å². The minimum atomic E-state index is -0.0668. The first kappa shape index (κ1) is 12.2. The molecule has 1 aromatic heterocycles. The van der Waals surface area contributed by atoms with Gasteiger partial charge in [-0.2, -0.15) is 0 Å². The predicted molar refractivity (Wildman–Crippen MR) is 65.5 cm³/mol. The molecule has 1 aliphatic carbocycles. The fourth-order valence-electron chi connectivity index (χ4n) is 2.27. The van der Waals surface area contributed by atoms with E-state index in [4.69, 9.17) is 4.42 Å². The largest absolute Gasteiger partial charge is 0.467 e. The number of furan rings is 1. The maximum Gasteiger partial charge on any atom is 0.234 e. The number of hydrogen-bond donors (Lipinski definition) is 2. The molecule has 0 saturated heterocycles. The van der Waals surface area contributed by atoms with Crippen molar-refractivity contribution in [3.63, 3.8) is 0 Å². The van der Waals surface area contributed by atoms with Gasteiger partial charge in [0.1, 0.15) is 5.76 Å². The molecular formula is C13H20N2O2. The Balaban J connectivity index is 1.69. The van der Waals surface area contributed by atoms with Crippen molar-refractivity contribution in [2.45, 2.75) is 44.7 Å². The van der Waals surface area contributed by atoms with Gasteiger partial charge in [-0.1, -0.05) is 12.8 Å². The van der Waals surface area contributed by atoms with Crippen LogP contribution in [0.2, 0.25) is 0 Å². The molecule has 0 radical (unpaired) electrons. The molecule has 0 aromatic carbocycles. The SMILES string of the molecule is CC(NC(=O)CNC1CCCC1)c1ccco1. The Labute approximate surface area is 102 Å². The molecule has 4 nitrogen and oxygen atoms in total. The van der Waals surface area contributed by atoms with Crippen LogP contribution in [-0.4, -0.2) is 18.5 Å². The van der Waals surface area contributed by atoms with Crippen molar-refractivity contribution in [2.24, 2.45) is 0 Å². The summed E-state index contributed by atoms with van der Waals surface area (Å²) in [6.07, 6.45) is 6.57. The first-order valence-corrected chi connectivity index (χ1v) is 6.32. The van der Waals surface area contributed by atoms with E-state index < -0.39 is 0 Å². The third-order valence-electron chi connectivity index (χ3n) is 3.25. The van der Waals surface area contributed by atoms with Gasteiger partial charge in [0.2, 0.25) is 5.91 Å². The average molecular weight is 236 g/mol. The number of carbonyl (C=O) groups is 1. The number of amides is 1. The molecule has 1 unspecified atom stereocenters. The zero-order chi connectivity index (χ0) is 12.1. The van der Waals surface area contributed by atoms with Crippen LogP contribution in [0.15, 0.2) is 22.8 Å². The lowest BCUT2D eigenvalue weighted by Crippen LogP contribution is -2.38. The van der Waals surface area contributed by atoms with E-state index in [-0.39, 0.29) is 11.9 Å². The second kappa shape index (κ2) is 5.87. The van der Waals surface area contributed by atoms with Gasteiger partial charge in [-0.05, 0) is 31.9 Å². The van der Waals surface area contributed by atoms with Crippen molar-refractivity contribution in [3.05, 3.63) is 24.2 Å². The molecule has 1 amide bonds. The number of hydrogen-bond acceptors (Lipinski definition) is 3. The monoisotopic (exact) mass is 236 g/mol. The summed E-state index contributed by atoms with van der Waals surface area (Å²) in [5.41, 5.74) is 0. The summed E-state index contributed by atoms with van der Waals surface area (Å²) in [6, 6.07) is 4.16. The van der Waals surface area contributed by atoms with Gasteiger partial charge in [0.15, 0.2) is 0 Å². The zero-order valence-electron chi connectivity index (χ0n) is 10.2. The summed E-state index contributed by atoms with van der Waals surface area (Å²) in [4.78, 5) is 11.7. The third-order valence-corrected chi connectivity index (χ3v) is 3.25. The normalized spacial score (nSPS) is 18.2. The van der Waals surface area contributed by atoms with Gasteiger partial charge in [0.25, 0.3) is 0 Å². The lowest BCUT2D eigenvalue weighted by molar-refractivity contribution is -0.121. The fourth-order valence-corrected chi connectivity index (χ4v) is 2.27. The number of nitrogens with one attached hydrogen (secondary N) is 2. The molecule has 1 saturated carbocycles. The molecule has 1 atom stereocenters. The van der Waals surface area contributed by atoms with Crippen LogP contribution in [0.3, 0.4) is 0 Å². The second-order valence-corrected chi connectivity index (χ2v) is 4.67. The summed E-state index contributed by atoms with van der Waals surface area (Å²) >= 11 is 0. The van der Waals surface area contributed by atoms with Gasteiger partial charge in [0.05, 0.1) is 18.8 Å². The molecular weight excluding hydrogens is 216 g/mol. The molecule has 1 aliphatic rings. The first-order chi connectivity index (χ1) is 8.25. The smallest absolute Gasteiger partial charge is 0.234 e. The molecule has 1 heterocycles. The zero-order valence-corrected chi connectivity index (χ0v) is 10.2. The van der Waals surface area contributed by atoms with Gasteiger partial charge in [0, 0.05) is 6.04 Å². The van der Waals surface area contributed by atoms with E-state index in [9.17, 15) is 4.79 Å². The standard InChI is InChI=1S/C13H20N2O2/c1-10(12-7-4-8-17-12)15-13(16)9-14-11-5-2-3-6-11/h4,7-8,10-11,14H,2-3,5-6,9H2,1H3,(H,15,16). The summed E-state index contributed by atoms with van der Waals surface area (Å²) < 4.78 is 5.24. The van der Waals surface area contributed by atoms with Crippen LogP contribution in [-0.2, 0) is 4.79 Å². The van der Waals surface area contributed by atoms with Crippen LogP contribution in [0.1, 0.15) is 44.4 Å². The Morgan fingerprint density at radius 2 is 2.29 bits per heavy atom. The topological polar surface area (TPSA) is 54.3 Å². The number of rotatable bonds is 5. The van der Waals surface area contributed by atoms with Crippen molar-refractivity contribution >= 4 is 5.91 Å². The summed E-state index contributed by atoms with van der Waals surface area (Å²) in [6.45, 7) is 2.32. The van der Waals surface area contributed by atoms with Crippen molar-refractivity contribution in [3.8, 4) is 0 Å². The first-order valence-electron chi connectivity index (χ1n) is 6.32. The van der Waals surface area contributed by atoms with E-state index in [1.807, 2.05) is 19.1 Å². The van der Waals surface area contributed by atoms with E-state index >= 15 is 0 Å². The van der Waals surface area contributed by atoms with Crippen LogP contribution in [0, 0.1) is 0 Å². The molecule has 1 fully saturated rings. The Hall–Kier alpha value is -1.29. The highest BCUT2D eigenvalue weighted by Crippen LogP contribution is 2.17. The second-order valence-electron chi connectivity index (χ2n) is 4.67. The molecule has 94 valence electrons. The van der Waals surface area contributed by atoms with Crippen LogP contribution in [0.25, 0.3) is 0 Å². The summed E-state index contributed by atoms with van der Waals surface area (Å²) in [5, 5.41) is 6.20. The molecule has 1 aromatic rings. The minimum Gasteiger partial charge on any atom is -0.467 e. The lowest BCUT2D eigenvalue weighted by Gasteiger charge is -2.14. The predicted octanol–water partition coefficient (Wildman–Crippen LogP) is 1.99. The van der Waals surface area contributed by atoms with Gasteiger partial charge in [-0.25, -0.2) is 0 Å². The van der Waals surface area contributed by atoms with Crippen molar-refractivity contribution < 1.29 is 9.21 Å². The van der Waals surface area contributed by atoms with Crippen molar-refractivity contribution in [1.82, 2.24) is 10.6 Å². The van der Waals surface area contributed by atoms with E-state index in [2.05, 4.69) is 10.6 Å². The van der Waals surface area contributed by atoms with E-state index in [1.54, 1.807) is 6.26 Å². The van der Waals surface area contributed by atoms with Crippen molar-refractivity contribution in [1.29, 1.82) is 0 Å². The van der Waals surface area contributed by atoms with E-state index in [0.29, 0.717) is 12.6 Å². The van der Waals surface area contributed by atoms with Crippen molar-refractivity contribution in [2.75, 3.05) is 6.54 Å². The lowest BCUT2D eigenvalue weighted by atomic mass is 10.2. The van der Waals surface area contributed by atoms with E-state index in [1.165, 1.54) is 25.7 Å². The Bertz CT molecular complexity index is 342. The van der Waals surface area contributed by atoms with Crippen LogP contribution in [0.4, 0.5) is 0 Å². The molecule has 4 heteroatoms. The molecule has 2 N–H and O–H groups in total. The highest BCUT2D eigenvalue weighted by molar-refractivity contribution is 5.78. The maximum absolute atomic E-state index is 11.7. The number of carbonyl (C=O) groups excluding carboxylic acids is 1. The van der Waals surface area contributed by atoms with Gasteiger partial charge in [-0.3, -0.25) is 4.79 Å². The van der Waals surface area contributed by atoms with Gasteiger partial charge >= 0.3 is 0 Å². The molecule has 17 heavy (non-hydrogen) atoms. The quantitative estimate of drug-likeness (QED) is 0.822. The van der Waals surface area contributed by atoms with Crippen LogP contribution in [0.5, 0.6) is 0 Å². The van der Waals surface area contributed by atoms with Gasteiger partial charge < -0.3 is 15.1 Å².